The number of nitrogens with zero attached hydrogens (tertiary/aromatic N) is 3. The zero-order valence-corrected chi connectivity index (χ0v) is 22.4. The third-order valence-electron chi connectivity index (χ3n) is 5.95. The first-order chi connectivity index (χ1) is 18.4. The minimum atomic E-state index is -2.67. The summed E-state index contributed by atoms with van der Waals surface area (Å²) < 4.78 is 3.29. The first-order valence-corrected chi connectivity index (χ1v) is 15.6. The van der Waals surface area contributed by atoms with Crippen LogP contribution in [0.4, 0.5) is 0 Å². The predicted octanol–water partition coefficient (Wildman–Crippen LogP) is 5.77. The molecule has 6 aromatic rings. The number of rotatable bonds is 6. The molecule has 0 aliphatic rings. The third kappa shape index (κ3) is 4.77. The molecule has 3 aromatic heterocycles. The first kappa shape index (κ1) is 23.2. The van der Waals surface area contributed by atoms with Crippen molar-refractivity contribution >= 4 is 12.6 Å². The predicted molar refractivity (Wildman–Crippen MR) is 148 cm³/mol. The van der Waals surface area contributed by atoms with Gasteiger partial charge in [-0.15, -0.1) is 0 Å². The Bertz CT molecular complexity index is 1420. The van der Waals surface area contributed by atoms with Crippen LogP contribution in [0, 0.1) is 0 Å². The van der Waals surface area contributed by atoms with E-state index in [0.29, 0.717) is 0 Å². The van der Waals surface area contributed by atoms with Crippen LogP contribution in [0.5, 0.6) is 0 Å². The quantitative estimate of drug-likeness (QED) is 0.229. The van der Waals surface area contributed by atoms with Gasteiger partial charge in [0, 0.05) is 0 Å². The van der Waals surface area contributed by atoms with Gasteiger partial charge in [-0.3, -0.25) is 0 Å². The molecule has 0 aliphatic carbocycles. The first-order valence-electron chi connectivity index (χ1n) is 12.0. The molecule has 0 unspecified atom stereocenters. The monoisotopic (exact) mass is 655 g/mol. The molecule has 3 heterocycles. The molecule has 0 aliphatic heterocycles. The normalized spacial score (nSPS) is 11.2. The summed E-state index contributed by atoms with van der Waals surface area (Å²) in [7, 11) is 0. The van der Waals surface area contributed by atoms with Gasteiger partial charge in [0.25, 0.3) is 0 Å². The Morgan fingerprint density at radius 3 is 0.919 bits per heavy atom. The summed E-state index contributed by atoms with van der Waals surface area (Å²) in [5.74, 6) is 0. The topological polar surface area (TPSA) is 38.7 Å². The zero-order valence-electron chi connectivity index (χ0n) is 20.0. The summed E-state index contributed by atoms with van der Waals surface area (Å²) in [6, 6.07) is 44.2. The van der Waals surface area contributed by atoms with Crippen LogP contribution in [-0.2, 0) is 16.5 Å². The second-order valence-electron chi connectivity index (χ2n) is 8.31. The van der Waals surface area contributed by atoms with E-state index in [9.17, 15) is 0 Å². The summed E-state index contributed by atoms with van der Waals surface area (Å²) >= 11 is -2.67. The molecule has 0 radical (unpaired) electrons. The van der Waals surface area contributed by atoms with Crippen molar-refractivity contribution in [2.75, 3.05) is 0 Å². The van der Waals surface area contributed by atoms with E-state index in [1.165, 1.54) is 0 Å². The van der Waals surface area contributed by atoms with Crippen molar-refractivity contribution in [3.63, 3.8) is 0 Å². The SMILES string of the molecule is c1ccc(-c2cccn[c]2[Ir]([c]2ncccc2-c2ccccc2)[c]2ncccc2-c2ccccc2)cc1. The van der Waals surface area contributed by atoms with Crippen molar-refractivity contribution in [2.24, 2.45) is 0 Å². The van der Waals surface area contributed by atoms with Crippen molar-refractivity contribution < 1.29 is 16.5 Å². The van der Waals surface area contributed by atoms with Gasteiger partial charge in [-0.05, 0) is 0 Å². The van der Waals surface area contributed by atoms with E-state index in [0.717, 1.165) is 46.0 Å². The van der Waals surface area contributed by atoms with E-state index in [4.69, 9.17) is 15.0 Å². The summed E-state index contributed by atoms with van der Waals surface area (Å²) in [6.07, 6.45) is 5.72. The maximum atomic E-state index is 5.07. The van der Waals surface area contributed by atoms with E-state index in [-0.39, 0.29) is 0 Å². The summed E-state index contributed by atoms with van der Waals surface area (Å²) in [5, 5.41) is 0. The van der Waals surface area contributed by atoms with Gasteiger partial charge in [0.15, 0.2) is 0 Å². The average molecular weight is 655 g/mol. The van der Waals surface area contributed by atoms with Crippen LogP contribution < -0.4 is 12.6 Å². The fraction of sp³-hybridized carbons (Fsp3) is 0. The van der Waals surface area contributed by atoms with Crippen LogP contribution in [0.2, 0.25) is 0 Å². The van der Waals surface area contributed by atoms with E-state index < -0.39 is 16.5 Å². The Labute approximate surface area is 222 Å². The molecule has 0 fully saturated rings. The second-order valence-corrected chi connectivity index (χ2v) is 13.5. The fourth-order valence-electron chi connectivity index (χ4n) is 4.24. The summed E-state index contributed by atoms with van der Waals surface area (Å²) in [5.41, 5.74) is 6.91. The van der Waals surface area contributed by atoms with Crippen LogP contribution in [-0.4, -0.2) is 15.0 Å². The standard InChI is InChI=1S/3C11H8N.Ir/c3*1-2-5-10(6-3-1)11-7-4-8-12-9-11;/h3*1-8H;. The van der Waals surface area contributed by atoms with Crippen LogP contribution >= 0.6 is 0 Å². The Balaban J connectivity index is 1.66. The summed E-state index contributed by atoms with van der Waals surface area (Å²) in [4.78, 5) is 15.2. The Morgan fingerprint density at radius 1 is 0.324 bits per heavy atom. The molecule has 3 aromatic carbocycles. The number of pyridine rings is 3. The number of benzene rings is 3. The van der Waals surface area contributed by atoms with Gasteiger partial charge < -0.3 is 0 Å². The number of hydrogen-bond acceptors (Lipinski definition) is 3. The van der Waals surface area contributed by atoms with E-state index in [2.05, 4.69) is 109 Å². The molecule has 0 amide bonds. The van der Waals surface area contributed by atoms with Gasteiger partial charge in [-0.2, -0.15) is 0 Å². The summed E-state index contributed by atoms with van der Waals surface area (Å²) in [6.45, 7) is 0. The molecule has 0 spiro atoms. The van der Waals surface area contributed by atoms with E-state index >= 15 is 0 Å². The molecular formula is C33H24IrN3. The molecule has 0 saturated carbocycles. The molecule has 6 rings (SSSR count). The van der Waals surface area contributed by atoms with Gasteiger partial charge >= 0.3 is 223 Å². The molecular weight excluding hydrogens is 631 g/mol. The Kier molecular flexibility index (Phi) is 6.76. The molecule has 0 N–H and O–H groups in total. The third-order valence-corrected chi connectivity index (χ3v) is 12.2. The molecule has 3 nitrogen and oxygen atoms in total. The molecule has 37 heavy (non-hydrogen) atoms. The average Bonchev–Trinajstić information content (AvgIpc) is 2.99. The van der Waals surface area contributed by atoms with E-state index in [1.54, 1.807) is 0 Å². The van der Waals surface area contributed by atoms with Crippen molar-refractivity contribution in [2.45, 2.75) is 0 Å². The molecule has 0 bridgehead atoms. The number of hydrogen-bond donors (Lipinski definition) is 0. The second kappa shape index (κ2) is 10.8. The molecule has 0 saturated heterocycles. The molecule has 0 atom stereocenters. The van der Waals surface area contributed by atoms with Gasteiger partial charge in [0.1, 0.15) is 0 Å². The van der Waals surface area contributed by atoms with Crippen LogP contribution in [0.25, 0.3) is 33.4 Å². The van der Waals surface area contributed by atoms with Gasteiger partial charge in [0.05, 0.1) is 0 Å². The van der Waals surface area contributed by atoms with Crippen LogP contribution in [0.3, 0.4) is 0 Å². The zero-order chi connectivity index (χ0) is 24.9. The van der Waals surface area contributed by atoms with Gasteiger partial charge in [0.2, 0.25) is 0 Å². The fourth-order valence-corrected chi connectivity index (χ4v) is 10.9. The Hall–Kier alpha value is -4.24. The van der Waals surface area contributed by atoms with E-state index in [1.807, 2.05) is 36.8 Å². The van der Waals surface area contributed by atoms with Crippen molar-refractivity contribution in [3.05, 3.63) is 146 Å². The van der Waals surface area contributed by atoms with Crippen LogP contribution in [0.1, 0.15) is 0 Å². The van der Waals surface area contributed by atoms with Crippen molar-refractivity contribution in [3.8, 4) is 33.4 Å². The van der Waals surface area contributed by atoms with Gasteiger partial charge in [-0.1, -0.05) is 0 Å². The Morgan fingerprint density at radius 2 is 0.622 bits per heavy atom. The van der Waals surface area contributed by atoms with Crippen molar-refractivity contribution in [1.29, 1.82) is 0 Å². The molecule has 4 heteroatoms. The minimum absolute atomic E-state index is 1.10. The van der Waals surface area contributed by atoms with Gasteiger partial charge in [-0.25, -0.2) is 0 Å². The molecule has 180 valence electrons. The number of aromatic nitrogens is 3. The van der Waals surface area contributed by atoms with Crippen molar-refractivity contribution in [1.82, 2.24) is 15.0 Å². The van der Waals surface area contributed by atoms with Crippen LogP contribution in [0.15, 0.2) is 146 Å². The maximum absolute atomic E-state index is 5.07.